The molecular weight excluding hydrogens is 310 g/mol. The van der Waals surface area contributed by atoms with Crippen LogP contribution in [0.5, 0.6) is 0 Å². The summed E-state index contributed by atoms with van der Waals surface area (Å²) in [5.74, 6) is 7.21. The second kappa shape index (κ2) is 10.2. The van der Waals surface area contributed by atoms with Crippen LogP contribution in [0.15, 0.2) is 23.8 Å². The van der Waals surface area contributed by atoms with E-state index in [1.807, 2.05) is 19.9 Å². The van der Waals surface area contributed by atoms with Crippen LogP contribution in [0.1, 0.15) is 58.8 Å². The van der Waals surface area contributed by atoms with Gasteiger partial charge in [-0.05, 0) is 63.3 Å². The Kier molecular flexibility index (Phi) is 8.22. The Morgan fingerprint density at radius 2 is 2.16 bits per heavy atom. The topological polar surface area (TPSA) is 66.5 Å². The highest BCUT2D eigenvalue weighted by molar-refractivity contribution is 5.21. The fourth-order valence-electron chi connectivity index (χ4n) is 4.28. The summed E-state index contributed by atoms with van der Waals surface area (Å²) < 4.78 is 0. The van der Waals surface area contributed by atoms with Crippen LogP contribution in [0.2, 0.25) is 0 Å². The molecule has 0 aliphatic heterocycles. The first-order chi connectivity index (χ1) is 12.1. The van der Waals surface area contributed by atoms with Crippen molar-refractivity contribution in [3.05, 3.63) is 23.8 Å². The number of hydrogen-bond acceptors (Lipinski definition) is 3. The van der Waals surface area contributed by atoms with E-state index in [0.717, 1.165) is 25.8 Å². The van der Waals surface area contributed by atoms with Crippen LogP contribution in [0.25, 0.3) is 0 Å². The highest BCUT2D eigenvalue weighted by Gasteiger charge is 2.43. The lowest BCUT2D eigenvalue weighted by Gasteiger charge is -2.20. The highest BCUT2D eigenvalue weighted by Crippen LogP contribution is 2.48. The SMILES string of the molecule is CC#CC[C@H](C)[C@H](O)C=C[C@@H]1[C@H]2CC(CCCCCN)=C[C@H]2C[C@H]1O. The third kappa shape index (κ3) is 5.71. The molecule has 0 unspecified atom stereocenters. The van der Waals surface area contributed by atoms with Gasteiger partial charge in [0.1, 0.15) is 0 Å². The normalized spacial score (nSPS) is 30.7. The Labute approximate surface area is 153 Å². The van der Waals surface area contributed by atoms with Crippen LogP contribution in [0.3, 0.4) is 0 Å². The molecule has 0 aromatic heterocycles. The molecular formula is C22H35NO2. The third-order valence-corrected chi connectivity index (χ3v) is 5.87. The number of hydrogen-bond donors (Lipinski definition) is 3. The van der Waals surface area contributed by atoms with Crippen LogP contribution in [-0.4, -0.2) is 29.0 Å². The van der Waals surface area contributed by atoms with Crippen LogP contribution in [0, 0.1) is 35.5 Å². The molecule has 0 spiro atoms. The summed E-state index contributed by atoms with van der Waals surface area (Å²) in [6.07, 6.45) is 13.0. The maximum Gasteiger partial charge on any atom is 0.0755 e. The maximum atomic E-state index is 10.4. The lowest BCUT2D eigenvalue weighted by atomic mass is 9.88. The van der Waals surface area contributed by atoms with Gasteiger partial charge in [0.05, 0.1) is 12.2 Å². The van der Waals surface area contributed by atoms with Crippen molar-refractivity contribution >= 4 is 0 Å². The standard InChI is InChI=1S/C22H35NO2/c1-3-4-8-16(2)21(24)11-10-19-20-14-17(9-6-5-7-12-23)13-18(20)15-22(19)25/h10-11,13,16,18-22,24-25H,5-9,12,14-15,23H2,1-2H3/t16-,18-,19+,20-,21+,22+/m0/s1. The van der Waals surface area contributed by atoms with Gasteiger partial charge in [-0.25, -0.2) is 0 Å². The zero-order chi connectivity index (χ0) is 18.2. The Hall–Kier alpha value is -1.08. The second-order valence-electron chi connectivity index (χ2n) is 7.82. The van der Waals surface area contributed by atoms with E-state index in [4.69, 9.17) is 5.73 Å². The van der Waals surface area contributed by atoms with Crippen LogP contribution in [0.4, 0.5) is 0 Å². The highest BCUT2D eigenvalue weighted by atomic mass is 16.3. The van der Waals surface area contributed by atoms with Gasteiger partial charge in [-0.1, -0.05) is 37.1 Å². The predicted octanol–water partition coefficient (Wildman–Crippen LogP) is 3.42. The van der Waals surface area contributed by atoms with E-state index in [2.05, 4.69) is 24.0 Å². The fraction of sp³-hybridized carbons (Fsp3) is 0.727. The first-order valence-electron chi connectivity index (χ1n) is 9.90. The van der Waals surface area contributed by atoms with Gasteiger partial charge in [0.25, 0.3) is 0 Å². The Bertz CT molecular complexity index is 528. The van der Waals surface area contributed by atoms with E-state index in [0.29, 0.717) is 18.3 Å². The molecule has 2 aliphatic rings. The summed E-state index contributed by atoms with van der Waals surface area (Å²) in [6.45, 7) is 4.63. The van der Waals surface area contributed by atoms with Crippen molar-refractivity contribution < 1.29 is 10.2 Å². The molecule has 0 amide bonds. The van der Waals surface area contributed by atoms with E-state index in [-0.39, 0.29) is 17.9 Å². The smallest absolute Gasteiger partial charge is 0.0755 e. The van der Waals surface area contributed by atoms with Gasteiger partial charge in [0.2, 0.25) is 0 Å². The van der Waals surface area contributed by atoms with E-state index >= 15 is 0 Å². The van der Waals surface area contributed by atoms with Crippen LogP contribution >= 0.6 is 0 Å². The van der Waals surface area contributed by atoms with Crippen molar-refractivity contribution in [3.63, 3.8) is 0 Å². The summed E-state index contributed by atoms with van der Waals surface area (Å²) in [4.78, 5) is 0. The average Bonchev–Trinajstić information content (AvgIpc) is 3.11. The molecule has 0 radical (unpaired) electrons. The Morgan fingerprint density at radius 1 is 1.36 bits per heavy atom. The summed E-state index contributed by atoms with van der Waals surface area (Å²) in [5, 5.41) is 20.7. The van der Waals surface area contributed by atoms with Crippen LogP contribution in [-0.2, 0) is 0 Å². The van der Waals surface area contributed by atoms with E-state index in [1.54, 1.807) is 5.57 Å². The van der Waals surface area contributed by atoms with Gasteiger partial charge < -0.3 is 15.9 Å². The average molecular weight is 346 g/mol. The summed E-state index contributed by atoms with van der Waals surface area (Å²) in [6, 6.07) is 0. The van der Waals surface area contributed by atoms with Gasteiger partial charge in [0, 0.05) is 12.3 Å². The summed E-state index contributed by atoms with van der Waals surface area (Å²) in [5.41, 5.74) is 7.12. The van der Waals surface area contributed by atoms with Gasteiger partial charge in [-0.3, -0.25) is 0 Å². The van der Waals surface area contributed by atoms with Crippen molar-refractivity contribution in [3.8, 4) is 11.8 Å². The zero-order valence-electron chi connectivity index (χ0n) is 15.8. The molecule has 25 heavy (non-hydrogen) atoms. The van der Waals surface area contributed by atoms with Gasteiger partial charge in [-0.15, -0.1) is 11.8 Å². The van der Waals surface area contributed by atoms with E-state index < -0.39 is 6.10 Å². The molecule has 1 saturated carbocycles. The molecule has 1 fully saturated rings. The van der Waals surface area contributed by atoms with E-state index in [9.17, 15) is 10.2 Å². The Balaban J connectivity index is 1.86. The molecule has 4 N–H and O–H groups in total. The minimum atomic E-state index is -0.489. The monoisotopic (exact) mass is 345 g/mol. The largest absolute Gasteiger partial charge is 0.392 e. The van der Waals surface area contributed by atoms with Crippen molar-refractivity contribution in [2.75, 3.05) is 6.54 Å². The molecule has 2 rings (SSSR count). The molecule has 3 nitrogen and oxygen atoms in total. The van der Waals surface area contributed by atoms with Gasteiger partial charge in [-0.2, -0.15) is 0 Å². The minimum Gasteiger partial charge on any atom is -0.392 e. The summed E-state index contributed by atoms with van der Waals surface area (Å²) in [7, 11) is 0. The lowest BCUT2D eigenvalue weighted by Crippen LogP contribution is -2.19. The fourth-order valence-corrected chi connectivity index (χ4v) is 4.28. The van der Waals surface area contributed by atoms with Crippen molar-refractivity contribution in [2.24, 2.45) is 29.4 Å². The molecule has 6 atom stereocenters. The first kappa shape index (κ1) is 20.2. The minimum absolute atomic E-state index is 0.123. The molecule has 2 aliphatic carbocycles. The zero-order valence-corrected chi connectivity index (χ0v) is 15.8. The first-order valence-corrected chi connectivity index (χ1v) is 9.90. The molecule has 0 heterocycles. The van der Waals surface area contributed by atoms with E-state index in [1.165, 1.54) is 19.3 Å². The number of unbranched alkanes of at least 4 members (excludes halogenated alkanes) is 2. The molecule has 0 aromatic carbocycles. The van der Waals surface area contributed by atoms with Crippen molar-refractivity contribution in [2.45, 2.75) is 71.0 Å². The molecule has 3 heteroatoms. The summed E-state index contributed by atoms with van der Waals surface area (Å²) >= 11 is 0. The van der Waals surface area contributed by atoms with Crippen LogP contribution < -0.4 is 5.73 Å². The molecule has 140 valence electrons. The maximum absolute atomic E-state index is 10.4. The second-order valence-corrected chi connectivity index (χ2v) is 7.82. The quantitative estimate of drug-likeness (QED) is 0.341. The molecule has 0 bridgehead atoms. The number of fused-ring (bicyclic) bond motifs is 1. The van der Waals surface area contributed by atoms with Gasteiger partial charge in [0.15, 0.2) is 0 Å². The number of aliphatic hydroxyl groups excluding tert-OH is 2. The Morgan fingerprint density at radius 3 is 2.88 bits per heavy atom. The van der Waals surface area contributed by atoms with Crippen molar-refractivity contribution in [1.29, 1.82) is 0 Å². The van der Waals surface area contributed by atoms with Crippen molar-refractivity contribution in [1.82, 2.24) is 0 Å². The molecule has 0 saturated heterocycles. The van der Waals surface area contributed by atoms with Gasteiger partial charge >= 0.3 is 0 Å². The molecule has 0 aromatic rings. The number of rotatable bonds is 9. The number of allylic oxidation sites excluding steroid dienone is 2. The number of nitrogens with two attached hydrogens (primary N) is 1. The number of aliphatic hydroxyl groups is 2. The predicted molar refractivity (Wildman–Crippen MR) is 104 cm³/mol. The third-order valence-electron chi connectivity index (χ3n) is 5.87. The lowest BCUT2D eigenvalue weighted by molar-refractivity contribution is 0.137.